The third-order valence-corrected chi connectivity index (χ3v) is 3.34. The van der Waals surface area contributed by atoms with Gasteiger partial charge < -0.3 is 10.4 Å². The molecule has 0 spiro atoms. The number of rotatable bonds is 9. The molecule has 0 radical (unpaired) electrons. The van der Waals surface area contributed by atoms with Crippen LogP contribution in [0.25, 0.3) is 0 Å². The Labute approximate surface area is 120 Å². The fourth-order valence-electron chi connectivity index (χ4n) is 2.31. The number of benzene rings is 1. The van der Waals surface area contributed by atoms with Crippen molar-refractivity contribution < 1.29 is 10.0 Å². The van der Waals surface area contributed by atoms with Crippen LogP contribution in [0.1, 0.15) is 51.1 Å². The van der Waals surface area contributed by atoms with E-state index in [0.29, 0.717) is 0 Å². The van der Waals surface area contributed by atoms with Crippen LogP contribution >= 0.6 is 0 Å². The highest BCUT2D eigenvalue weighted by atomic mass is 16.6. The Bertz CT molecular complexity index is 423. The number of hydrogen-bond donors (Lipinski definition) is 2. The van der Waals surface area contributed by atoms with Gasteiger partial charge in [-0.25, -0.2) is 0 Å². The molecule has 2 N–H and O–H groups in total. The normalized spacial score (nSPS) is 13.9. The van der Waals surface area contributed by atoms with Gasteiger partial charge in [-0.05, 0) is 31.7 Å². The minimum atomic E-state index is -0.359. The Morgan fingerprint density at radius 2 is 2.15 bits per heavy atom. The smallest absolute Gasteiger partial charge is 0.269 e. The molecular formula is C15H24N2O3. The van der Waals surface area contributed by atoms with Gasteiger partial charge in [-0.2, -0.15) is 0 Å². The van der Waals surface area contributed by atoms with Crippen LogP contribution in [0.3, 0.4) is 0 Å². The summed E-state index contributed by atoms with van der Waals surface area (Å²) in [6, 6.07) is 7.22. The topological polar surface area (TPSA) is 75.4 Å². The van der Waals surface area contributed by atoms with Gasteiger partial charge in [0.25, 0.3) is 5.69 Å². The van der Waals surface area contributed by atoms with Gasteiger partial charge in [-0.3, -0.25) is 10.1 Å². The van der Waals surface area contributed by atoms with Crippen molar-refractivity contribution in [2.24, 2.45) is 0 Å². The lowest BCUT2D eigenvalue weighted by molar-refractivity contribution is -0.384. The zero-order valence-corrected chi connectivity index (χ0v) is 12.2. The standard InChI is InChI=1S/C15H24N2O3/c1-3-6-15(16-12(2)7-5-10-18)13-8-4-9-14(11-13)17(19)20/h4,8-9,11-12,15-16,18H,3,5-7,10H2,1-2H3. The largest absolute Gasteiger partial charge is 0.396 e. The predicted molar refractivity (Wildman–Crippen MR) is 79.7 cm³/mol. The Kier molecular flexibility index (Phi) is 7.18. The zero-order chi connectivity index (χ0) is 15.0. The summed E-state index contributed by atoms with van der Waals surface area (Å²) in [5.74, 6) is 0. The van der Waals surface area contributed by atoms with E-state index in [1.165, 1.54) is 6.07 Å². The van der Waals surface area contributed by atoms with Crippen LogP contribution in [0.5, 0.6) is 0 Å². The van der Waals surface area contributed by atoms with E-state index in [0.717, 1.165) is 31.2 Å². The second kappa shape index (κ2) is 8.66. The minimum absolute atomic E-state index is 0.119. The molecule has 0 saturated carbocycles. The average molecular weight is 280 g/mol. The summed E-state index contributed by atoms with van der Waals surface area (Å²) in [5.41, 5.74) is 1.09. The Balaban J connectivity index is 2.79. The van der Waals surface area contributed by atoms with Crippen molar-refractivity contribution in [3.05, 3.63) is 39.9 Å². The monoisotopic (exact) mass is 280 g/mol. The van der Waals surface area contributed by atoms with Crippen molar-refractivity contribution >= 4 is 5.69 Å². The molecule has 0 aliphatic heterocycles. The predicted octanol–water partition coefficient (Wildman–Crippen LogP) is 3.19. The van der Waals surface area contributed by atoms with Gasteiger partial charge in [0.2, 0.25) is 0 Å². The number of nitrogens with zero attached hydrogens (tertiary/aromatic N) is 1. The SMILES string of the molecule is CCCC(NC(C)CCCO)c1cccc([N+](=O)[O-])c1. The number of aliphatic hydroxyl groups is 1. The number of hydrogen-bond acceptors (Lipinski definition) is 4. The first-order chi connectivity index (χ1) is 9.58. The van der Waals surface area contributed by atoms with Gasteiger partial charge in [0.1, 0.15) is 0 Å². The summed E-state index contributed by atoms with van der Waals surface area (Å²) in [4.78, 5) is 10.5. The highest BCUT2D eigenvalue weighted by Crippen LogP contribution is 2.23. The Morgan fingerprint density at radius 1 is 1.40 bits per heavy atom. The molecule has 5 heteroatoms. The number of aliphatic hydroxyl groups excluding tert-OH is 1. The van der Waals surface area contributed by atoms with Crippen molar-refractivity contribution in [3.63, 3.8) is 0 Å². The van der Waals surface area contributed by atoms with Crippen molar-refractivity contribution in [1.82, 2.24) is 5.32 Å². The van der Waals surface area contributed by atoms with Crippen LogP contribution in [0.4, 0.5) is 5.69 Å². The van der Waals surface area contributed by atoms with E-state index in [4.69, 9.17) is 5.11 Å². The molecule has 0 bridgehead atoms. The fourth-order valence-corrected chi connectivity index (χ4v) is 2.31. The lowest BCUT2D eigenvalue weighted by atomic mass is 10.00. The van der Waals surface area contributed by atoms with E-state index in [9.17, 15) is 10.1 Å². The maximum absolute atomic E-state index is 10.9. The number of nitrogens with one attached hydrogen (secondary N) is 1. The molecule has 0 aromatic heterocycles. The maximum Gasteiger partial charge on any atom is 0.269 e. The molecule has 0 aliphatic carbocycles. The zero-order valence-electron chi connectivity index (χ0n) is 12.2. The molecule has 20 heavy (non-hydrogen) atoms. The molecule has 5 nitrogen and oxygen atoms in total. The summed E-state index contributed by atoms with van der Waals surface area (Å²) in [6.07, 6.45) is 3.60. The molecule has 1 aromatic carbocycles. The molecular weight excluding hydrogens is 256 g/mol. The minimum Gasteiger partial charge on any atom is -0.396 e. The molecule has 1 aromatic rings. The van der Waals surface area contributed by atoms with E-state index in [1.54, 1.807) is 12.1 Å². The van der Waals surface area contributed by atoms with E-state index in [2.05, 4.69) is 19.2 Å². The third-order valence-electron chi connectivity index (χ3n) is 3.34. The van der Waals surface area contributed by atoms with Gasteiger partial charge in [0.05, 0.1) is 4.92 Å². The summed E-state index contributed by atoms with van der Waals surface area (Å²) >= 11 is 0. The number of non-ortho nitro benzene ring substituents is 1. The van der Waals surface area contributed by atoms with Crippen molar-refractivity contribution in [2.75, 3.05) is 6.61 Å². The quantitative estimate of drug-likeness (QED) is 0.538. The summed E-state index contributed by atoms with van der Waals surface area (Å²) in [5, 5.41) is 23.2. The van der Waals surface area contributed by atoms with Gasteiger partial charge in [0.15, 0.2) is 0 Å². The molecule has 2 unspecified atom stereocenters. The molecule has 2 atom stereocenters. The number of nitro benzene ring substituents is 1. The van der Waals surface area contributed by atoms with Crippen LogP contribution in [-0.4, -0.2) is 22.7 Å². The molecule has 112 valence electrons. The molecule has 0 aliphatic rings. The van der Waals surface area contributed by atoms with E-state index in [-0.39, 0.29) is 29.3 Å². The molecule has 0 heterocycles. The van der Waals surface area contributed by atoms with Crippen LogP contribution < -0.4 is 5.32 Å². The van der Waals surface area contributed by atoms with Crippen molar-refractivity contribution in [1.29, 1.82) is 0 Å². The summed E-state index contributed by atoms with van der Waals surface area (Å²) < 4.78 is 0. The highest BCUT2D eigenvalue weighted by molar-refractivity contribution is 5.35. The summed E-state index contributed by atoms with van der Waals surface area (Å²) in [7, 11) is 0. The van der Waals surface area contributed by atoms with Crippen LogP contribution in [0, 0.1) is 10.1 Å². The lowest BCUT2D eigenvalue weighted by Crippen LogP contribution is -2.30. The van der Waals surface area contributed by atoms with Gasteiger partial charge in [-0.15, -0.1) is 0 Å². The maximum atomic E-state index is 10.9. The first-order valence-electron chi connectivity index (χ1n) is 7.19. The van der Waals surface area contributed by atoms with E-state index >= 15 is 0 Å². The second-order valence-electron chi connectivity index (χ2n) is 5.13. The van der Waals surface area contributed by atoms with Gasteiger partial charge >= 0.3 is 0 Å². The fraction of sp³-hybridized carbons (Fsp3) is 0.600. The van der Waals surface area contributed by atoms with Crippen molar-refractivity contribution in [3.8, 4) is 0 Å². The average Bonchev–Trinajstić information content (AvgIpc) is 2.44. The first-order valence-corrected chi connectivity index (χ1v) is 7.19. The lowest BCUT2D eigenvalue weighted by Gasteiger charge is -2.23. The van der Waals surface area contributed by atoms with Crippen molar-refractivity contribution in [2.45, 2.75) is 51.6 Å². The van der Waals surface area contributed by atoms with Crippen LogP contribution in [-0.2, 0) is 0 Å². The molecule has 0 fully saturated rings. The summed E-state index contributed by atoms with van der Waals surface area (Å²) in [6.45, 7) is 4.38. The van der Waals surface area contributed by atoms with E-state index < -0.39 is 0 Å². The Hall–Kier alpha value is -1.46. The highest BCUT2D eigenvalue weighted by Gasteiger charge is 2.16. The van der Waals surface area contributed by atoms with Crippen LogP contribution in [0.15, 0.2) is 24.3 Å². The second-order valence-corrected chi connectivity index (χ2v) is 5.13. The van der Waals surface area contributed by atoms with E-state index in [1.807, 2.05) is 6.07 Å². The Morgan fingerprint density at radius 3 is 2.75 bits per heavy atom. The molecule has 0 amide bonds. The van der Waals surface area contributed by atoms with Gasteiger partial charge in [0, 0.05) is 30.8 Å². The molecule has 1 rings (SSSR count). The first kappa shape index (κ1) is 16.6. The third kappa shape index (κ3) is 5.27. The van der Waals surface area contributed by atoms with Crippen LogP contribution in [0.2, 0.25) is 0 Å². The van der Waals surface area contributed by atoms with Gasteiger partial charge in [-0.1, -0.05) is 25.5 Å². The molecule has 0 saturated heterocycles. The number of nitro groups is 1.